The zero-order valence-electron chi connectivity index (χ0n) is 14.0. The van der Waals surface area contributed by atoms with Crippen molar-refractivity contribution in [3.8, 4) is 11.8 Å². The summed E-state index contributed by atoms with van der Waals surface area (Å²) < 4.78 is 6.85. The maximum Gasteiger partial charge on any atom is 0.253 e. The number of aromatic nitrogens is 4. The van der Waals surface area contributed by atoms with Gasteiger partial charge in [-0.25, -0.2) is 4.98 Å². The number of carbonyl (C=O) groups is 1. The first-order valence-electron chi connectivity index (χ1n) is 8.11. The van der Waals surface area contributed by atoms with E-state index in [0.29, 0.717) is 29.3 Å². The van der Waals surface area contributed by atoms with Crippen LogP contribution in [0.25, 0.3) is 5.78 Å². The third-order valence-corrected chi connectivity index (χ3v) is 5.18. The van der Waals surface area contributed by atoms with Crippen LogP contribution in [0.5, 0.6) is 5.75 Å². The molecular formula is C18H15N5O2S. The summed E-state index contributed by atoms with van der Waals surface area (Å²) >= 11 is 1.26. The standard InChI is InChI=1S/C18H15N5O2S/c1-25-13-4-2-11(3-5-13)12-8-15-14(16(24)9-12)10-20-17-21-18(22-23(15)17)26-7-6-19/h2-5,10,12H,7-9H2,1H3. The molecule has 0 spiro atoms. The smallest absolute Gasteiger partial charge is 0.253 e. The molecule has 1 aliphatic carbocycles. The minimum atomic E-state index is 0.0585. The van der Waals surface area contributed by atoms with Crippen molar-refractivity contribution in [3.05, 3.63) is 47.3 Å². The fraction of sp³-hybridized carbons (Fsp3) is 0.278. The summed E-state index contributed by atoms with van der Waals surface area (Å²) in [5.41, 5.74) is 2.52. The second-order valence-electron chi connectivity index (χ2n) is 5.97. The molecule has 1 aliphatic rings. The number of hydrogen-bond donors (Lipinski definition) is 0. The van der Waals surface area contributed by atoms with Gasteiger partial charge in [-0.1, -0.05) is 23.9 Å². The van der Waals surface area contributed by atoms with E-state index in [9.17, 15) is 4.79 Å². The Morgan fingerprint density at radius 1 is 1.35 bits per heavy atom. The number of benzene rings is 1. The zero-order chi connectivity index (χ0) is 18.1. The number of thioether (sulfide) groups is 1. The van der Waals surface area contributed by atoms with E-state index in [-0.39, 0.29) is 17.5 Å². The average molecular weight is 365 g/mol. The largest absolute Gasteiger partial charge is 0.497 e. The molecule has 130 valence electrons. The van der Waals surface area contributed by atoms with Gasteiger partial charge >= 0.3 is 0 Å². The van der Waals surface area contributed by atoms with E-state index < -0.39 is 0 Å². The molecule has 1 aromatic carbocycles. The first kappa shape index (κ1) is 16.5. The van der Waals surface area contributed by atoms with Gasteiger partial charge in [-0.3, -0.25) is 4.79 Å². The number of carbonyl (C=O) groups excluding carboxylic acids is 1. The van der Waals surface area contributed by atoms with Gasteiger partial charge in [0.25, 0.3) is 5.78 Å². The van der Waals surface area contributed by atoms with Gasteiger partial charge in [-0.15, -0.1) is 5.10 Å². The van der Waals surface area contributed by atoms with Gasteiger partial charge < -0.3 is 4.74 Å². The van der Waals surface area contributed by atoms with Crippen molar-refractivity contribution < 1.29 is 9.53 Å². The lowest BCUT2D eigenvalue weighted by atomic mass is 9.82. The Hall–Kier alpha value is -2.92. The molecule has 0 saturated heterocycles. The number of hydrogen-bond acceptors (Lipinski definition) is 7. The fourth-order valence-electron chi connectivity index (χ4n) is 3.20. The number of nitrogens with zero attached hydrogens (tertiary/aromatic N) is 5. The van der Waals surface area contributed by atoms with Crippen LogP contribution in [0.1, 0.15) is 34.0 Å². The molecular weight excluding hydrogens is 350 g/mol. The molecule has 8 heteroatoms. The molecule has 0 amide bonds. The zero-order valence-corrected chi connectivity index (χ0v) is 14.9. The highest BCUT2D eigenvalue weighted by atomic mass is 32.2. The maximum atomic E-state index is 12.6. The molecule has 7 nitrogen and oxygen atoms in total. The van der Waals surface area contributed by atoms with Gasteiger partial charge in [0, 0.05) is 12.6 Å². The van der Waals surface area contributed by atoms with E-state index in [1.165, 1.54) is 11.8 Å². The number of fused-ring (bicyclic) bond motifs is 3. The molecule has 0 radical (unpaired) electrons. The van der Waals surface area contributed by atoms with Crippen LogP contribution in [0, 0.1) is 11.3 Å². The van der Waals surface area contributed by atoms with Crippen molar-refractivity contribution in [2.45, 2.75) is 23.9 Å². The third-order valence-electron chi connectivity index (χ3n) is 4.47. The van der Waals surface area contributed by atoms with E-state index in [2.05, 4.69) is 21.1 Å². The Labute approximate surface area is 154 Å². The maximum absolute atomic E-state index is 12.6. The van der Waals surface area contributed by atoms with Crippen LogP contribution in [-0.4, -0.2) is 38.2 Å². The molecule has 0 N–H and O–H groups in total. The molecule has 0 saturated carbocycles. The van der Waals surface area contributed by atoms with Crippen molar-refractivity contribution >= 4 is 23.3 Å². The topological polar surface area (TPSA) is 93.2 Å². The van der Waals surface area contributed by atoms with Crippen molar-refractivity contribution in [1.29, 1.82) is 5.26 Å². The van der Waals surface area contributed by atoms with Crippen LogP contribution in [0.4, 0.5) is 0 Å². The minimum Gasteiger partial charge on any atom is -0.497 e. The fourth-order valence-corrected chi connectivity index (χ4v) is 3.68. The van der Waals surface area contributed by atoms with E-state index in [0.717, 1.165) is 17.0 Å². The second kappa shape index (κ2) is 6.77. The molecule has 0 bridgehead atoms. The Bertz CT molecular complexity index is 1020. The lowest BCUT2D eigenvalue weighted by Gasteiger charge is -2.24. The van der Waals surface area contributed by atoms with Gasteiger partial charge in [0.1, 0.15) is 5.75 Å². The van der Waals surface area contributed by atoms with Crippen LogP contribution in [0.3, 0.4) is 0 Å². The Kier molecular flexibility index (Phi) is 4.31. The lowest BCUT2D eigenvalue weighted by molar-refractivity contribution is 0.0962. The van der Waals surface area contributed by atoms with Crippen molar-refractivity contribution in [3.63, 3.8) is 0 Å². The lowest BCUT2D eigenvalue weighted by Crippen LogP contribution is -2.22. The van der Waals surface area contributed by atoms with E-state index in [1.54, 1.807) is 17.8 Å². The Morgan fingerprint density at radius 3 is 2.88 bits per heavy atom. The molecule has 2 heterocycles. The SMILES string of the molecule is COc1ccc(C2CC(=O)c3cnc4nc(SCC#N)nn4c3C2)cc1. The quantitative estimate of drug-likeness (QED) is 0.656. The van der Waals surface area contributed by atoms with Crippen LogP contribution in [0.2, 0.25) is 0 Å². The predicted molar refractivity (Wildman–Crippen MR) is 95.5 cm³/mol. The number of rotatable bonds is 4. The molecule has 4 rings (SSSR count). The first-order valence-corrected chi connectivity index (χ1v) is 9.09. The van der Waals surface area contributed by atoms with Crippen LogP contribution in [0.15, 0.2) is 35.6 Å². The van der Waals surface area contributed by atoms with Crippen molar-refractivity contribution in [2.75, 3.05) is 12.9 Å². The summed E-state index contributed by atoms with van der Waals surface area (Å²) in [5, 5.41) is 13.7. The third kappa shape index (κ3) is 2.91. The van der Waals surface area contributed by atoms with Crippen LogP contribution in [-0.2, 0) is 6.42 Å². The highest BCUT2D eigenvalue weighted by Gasteiger charge is 2.29. The predicted octanol–water partition coefficient (Wildman–Crippen LogP) is 2.66. The molecule has 1 unspecified atom stereocenters. The highest BCUT2D eigenvalue weighted by molar-refractivity contribution is 7.99. The average Bonchev–Trinajstić information content (AvgIpc) is 3.10. The molecule has 0 aliphatic heterocycles. The summed E-state index contributed by atoms with van der Waals surface area (Å²) in [6.07, 6.45) is 2.71. The van der Waals surface area contributed by atoms with E-state index in [1.807, 2.05) is 24.3 Å². The van der Waals surface area contributed by atoms with Gasteiger partial charge in [0.15, 0.2) is 5.78 Å². The first-order chi connectivity index (χ1) is 12.7. The Morgan fingerprint density at radius 2 is 2.15 bits per heavy atom. The van der Waals surface area contributed by atoms with Crippen LogP contribution < -0.4 is 4.74 Å². The van der Waals surface area contributed by atoms with Crippen molar-refractivity contribution in [2.24, 2.45) is 0 Å². The van der Waals surface area contributed by atoms with Gasteiger partial charge in [-0.05, 0) is 30.0 Å². The number of methoxy groups -OCH3 is 1. The van der Waals surface area contributed by atoms with Gasteiger partial charge in [-0.2, -0.15) is 14.8 Å². The van der Waals surface area contributed by atoms with Gasteiger partial charge in [0.2, 0.25) is 5.16 Å². The number of nitriles is 1. The van der Waals surface area contributed by atoms with E-state index in [4.69, 9.17) is 10.00 Å². The monoisotopic (exact) mass is 365 g/mol. The molecule has 0 fully saturated rings. The molecule has 2 aromatic heterocycles. The summed E-state index contributed by atoms with van der Waals surface area (Å²) in [6, 6.07) is 9.86. The molecule has 26 heavy (non-hydrogen) atoms. The van der Waals surface area contributed by atoms with Crippen molar-refractivity contribution in [1.82, 2.24) is 19.6 Å². The summed E-state index contributed by atoms with van der Waals surface area (Å²) in [6.45, 7) is 0. The number of ketones is 1. The minimum absolute atomic E-state index is 0.0585. The molecule has 3 aromatic rings. The molecule has 1 atom stereocenters. The summed E-state index contributed by atoms with van der Waals surface area (Å²) in [7, 11) is 1.63. The summed E-state index contributed by atoms with van der Waals surface area (Å²) in [4.78, 5) is 21.2. The van der Waals surface area contributed by atoms with E-state index >= 15 is 0 Å². The second-order valence-corrected chi connectivity index (χ2v) is 6.92. The van der Waals surface area contributed by atoms with Gasteiger partial charge in [0.05, 0.1) is 30.2 Å². The van der Waals surface area contributed by atoms with Crippen LogP contribution >= 0.6 is 11.8 Å². The Balaban J connectivity index is 1.72. The normalized spacial score (nSPS) is 16.3. The number of ether oxygens (including phenoxy) is 1. The summed E-state index contributed by atoms with van der Waals surface area (Å²) in [5.74, 6) is 1.65. The number of Topliss-reactive ketones (excluding diaryl/α,β-unsaturated/α-hetero) is 1. The highest BCUT2D eigenvalue weighted by Crippen LogP contribution is 2.33.